The van der Waals surface area contributed by atoms with Crippen LogP contribution in [-0.2, 0) is 9.59 Å². The van der Waals surface area contributed by atoms with E-state index in [0.29, 0.717) is 25.5 Å². The van der Waals surface area contributed by atoms with E-state index in [9.17, 15) is 9.59 Å². The maximum Gasteiger partial charge on any atom is 0.155 e. The number of unbranched alkanes of at least 4 members (excludes halogenated alkanes) is 1. The van der Waals surface area contributed by atoms with Gasteiger partial charge in [-0.25, -0.2) is 0 Å². The van der Waals surface area contributed by atoms with Crippen molar-refractivity contribution < 1.29 is 13.7 Å². The van der Waals surface area contributed by atoms with Crippen LogP contribution in [0.1, 0.15) is 36.6 Å². The molecule has 0 atom stereocenters. The molecule has 0 aromatic rings. The zero-order valence-electron chi connectivity index (χ0n) is 9.38. The summed E-state index contributed by atoms with van der Waals surface area (Å²) in [6.07, 6.45) is 4.41. The first-order valence-corrected chi connectivity index (χ1v) is 3.60. The molecule has 0 amide bonds. The van der Waals surface area contributed by atoms with Crippen molar-refractivity contribution in [2.45, 2.75) is 32.5 Å². The quantitative estimate of drug-likeness (QED) is 0.335. The summed E-state index contributed by atoms with van der Waals surface area (Å²) < 4.78 is 20.7. The molecule has 0 bridgehead atoms. The topological polar surface area (TPSA) is 34.1 Å². The fraction of sp³-hybridized carbons (Fsp3) is 0.556. The smallest absolute Gasteiger partial charge is 0.155 e. The lowest BCUT2D eigenvalue weighted by Gasteiger charge is -1.92. The van der Waals surface area contributed by atoms with Crippen molar-refractivity contribution in [1.29, 1.82) is 0 Å². The highest BCUT2D eigenvalue weighted by molar-refractivity contribution is 5.92. The summed E-state index contributed by atoms with van der Waals surface area (Å²) in [5, 5.41) is 0. The highest BCUT2D eigenvalue weighted by Gasteiger charge is 1.94. The molecule has 0 saturated carbocycles. The predicted octanol–water partition coefficient (Wildman–Crippen LogP) is 1.89. The van der Waals surface area contributed by atoms with Gasteiger partial charge in [0.05, 0.1) is 0 Å². The molecule has 2 heteroatoms. The Hall–Kier alpha value is -0.920. The molecule has 0 radical (unpaired) electrons. The standard InChI is InChI=1S/C9H14O2/c1-2-3-4-6-9(11)7-5-8-10/h5,7-8H,2-4,6H2,1H3/b7-5+/i1D3. The Labute approximate surface area is 71.5 Å². The van der Waals surface area contributed by atoms with Gasteiger partial charge in [0.2, 0.25) is 0 Å². The predicted molar refractivity (Wildman–Crippen MR) is 44.4 cm³/mol. The number of carbonyl (C=O) groups is 2. The minimum atomic E-state index is -1.90. The number of aldehydes is 1. The van der Waals surface area contributed by atoms with Crippen LogP contribution in [0, 0.1) is 0 Å². The van der Waals surface area contributed by atoms with Gasteiger partial charge in [-0.15, -0.1) is 0 Å². The van der Waals surface area contributed by atoms with Gasteiger partial charge in [0.15, 0.2) is 5.78 Å². The molecule has 0 saturated heterocycles. The Morgan fingerprint density at radius 1 is 1.55 bits per heavy atom. The largest absolute Gasteiger partial charge is 0.299 e. The van der Waals surface area contributed by atoms with E-state index in [-0.39, 0.29) is 12.2 Å². The van der Waals surface area contributed by atoms with Gasteiger partial charge >= 0.3 is 0 Å². The Bertz CT molecular complexity index is 219. The van der Waals surface area contributed by atoms with Gasteiger partial charge in [0.1, 0.15) is 6.29 Å². The summed E-state index contributed by atoms with van der Waals surface area (Å²) in [4.78, 5) is 20.8. The third-order valence-electron chi connectivity index (χ3n) is 1.21. The minimum Gasteiger partial charge on any atom is -0.299 e. The highest BCUT2D eigenvalue weighted by Crippen LogP contribution is 1.99. The van der Waals surface area contributed by atoms with Crippen molar-refractivity contribution in [3.63, 3.8) is 0 Å². The van der Waals surface area contributed by atoms with Gasteiger partial charge < -0.3 is 0 Å². The summed E-state index contributed by atoms with van der Waals surface area (Å²) in [5.41, 5.74) is 0. The molecule has 2 nitrogen and oxygen atoms in total. The van der Waals surface area contributed by atoms with Crippen LogP contribution in [0.5, 0.6) is 0 Å². The molecule has 0 spiro atoms. The number of allylic oxidation sites excluding steroid dienone is 2. The first kappa shape index (κ1) is 5.70. The van der Waals surface area contributed by atoms with Crippen LogP contribution >= 0.6 is 0 Å². The van der Waals surface area contributed by atoms with Crippen molar-refractivity contribution in [2.24, 2.45) is 0 Å². The zero-order chi connectivity index (χ0) is 11.0. The summed E-state index contributed by atoms with van der Waals surface area (Å²) >= 11 is 0. The summed E-state index contributed by atoms with van der Waals surface area (Å²) in [5.74, 6) is -0.136. The van der Waals surface area contributed by atoms with Crippen LogP contribution in [0.25, 0.3) is 0 Å². The summed E-state index contributed by atoms with van der Waals surface area (Å²) in [7, 11) is 0. The van der Waals surface area contributed by atoms with Crippen molar-refractivity contribution in [3.05, 3.63) is 12.2 Å². The molecular weight excluding hydrogens is 140 g/mol. The van der Waals surface area contributed by atoms with Gasteiger partial charge in [-0.3, -0.25) is 9.59 Å². The number of rotatable bonds is 6. The first-order valence-electron chi connectivity index (χ1n) is 5.10. The third-order valence-corrected chi connectivity index (χ3v) is 1.21. The SMILES string of the molecule is [2H]C([2H])([2H])CCCCC(=O)/C=C/C=O. The van der Waals surface area contributed by atoms with E-state index < -0.39 is 6.85 Å². The average Bonchev–Trinajstić information content (AvgIpc) is 2.07. The van der Waals surface area contributed by atoms with Gasteiger partial charge in [-0.2, -0.15) is 0 Å². The second-order valence-electron chi connectivity index (χ2n) is 2.17. The normalized spacial score (nSPS) is 15.5. The third kappa shape index (κ3) is 6.97. The van der Waals surface area contributed by atoms with E-state index >= 15 is 0 Å². The van der Waals surface area contributed by atoms with E-state index in [1.807, 2.05) is 0 Å². The van der Waals surface area contributed by atoms with E-state index in [0.717, 1.165) is 6.08 Å². The molecule has 0 aromatic carbocycles. The van der Waals surface area contributed by atoms with E-state index in [4.69, 9.17) is 4.11 Å². The first-order chi connectivity index (χ1) is 6.45. The number of hydrogen-bond acceptors (Lipinski definition) is 2. The van der Waals surface area contributed by atoms with E-state index in [1.54, 1.807) is 0 Å². The van der Waals surface area contributed by atoms with Crippen LogP contribution in [0.2, 0.25) is 0 Å². The fourth-order valence-corrected chi connectivity index (χ4v) is 0.654. The Kier molecular flexibility index (Phi) is 3.72. The van der Waals surface area contributed by atoms with Gasteiger partial charge in [-0.05, 0) is 18.6 Å². The van der Waals surface area contributed by atoms with Crippen LogP contribution in [0.4, 0.5) is 0 Å². The molecule has 0 unspecified atom stereocenters. The molecule has 0 aliphatic rings. The second kappa shape index (κ2) is 7.19. The summed E-state index contributed by atoms with van der Waals surface area (Å²) in [6.45, 7) is -1.90. The Morgan fingerprint density at radius 2 is 2.36 bits per heavy atom. The molecule has 0 aromatic heterocycles. The fourth-order valence-electron chi connectivity index (χ4n) is 0.654. The zero-order valence-corrected chi connectivity index (χ0v) is 6.38. The van der Waals surface area contributed by atoms with E-state index in [2.05, 4.69) is 0 Å². The van der Waals surface area contributed by atoms with Gasteiger partial charge in [0.25, 0.3) is 0 Å². The van der Waals surface area contributed by atoms with Crippen molar-refractivity contribution >= 4 is 12.1 Å². The van der Waals surface area contributed by atoms with Crippen LogP contribution in [0.15, 0.2) is 12.2 Å². The number of ketones is 1. The lowest BCUT2D eigenvalue weighted by molar-refractivity contribution is -0.115. The van der Waals surface area contributed by atoms with Crippen LogP contribution in [0.3, 0.4) is 0 Å². The monoisotopic (exact) mass is 157 g/mol. The molecule has 0 rings (SSSR count). The molecule has 0 fully saturated rings. The summed E-state index contributed by atoms with van der Waals surface area (Å²) in [6, 6.07) is 0. The lowest BCUT2D eigenvalue weighted by atomic mass is 10.1. The molecule has 62 valence electrons. The van der Waals surface area contributed by atoms with Crippen molar-refractivity contribution in [2.75, 3.05) is 0 Å². The molecule has 0 heterocycles. The number of hydrogen-bond donors (Lipinski definition) is 0. The molecule has 0 aliphatic heterocycles. The highest BCUT2D eigenvalue weighted by atomic mass is 16.1. The maximum atomic E-state index is 10.9. The van der Waals surface area contributed by atoms with E-state index in [1.165, 1.54) is 6.08 Å². The Balaban J connectivity index is 3.50. The molecule has 0 N–H and O–H groups in total. The van der Waals surface area contributed by atoms with Crippen molar-refractivity contribution in [1.82, 2.24) is 0 Å². The molecular formula is C9H14O2. The molecule has 11 heavy (non-hydrogen) atoms. The van der Waals surface area contributed by atoms with Gasteiger partial charge in [0, 0.05) is 10.5 Å². The van der Waals surface area contributed by atoms with Crippen molar-refractivity contribution in [3.8, 4) is 0 Å². The Morgan fingerprint density at radius 3 is 3.00 bits per heavy atom. The van der Waals surface area contributed by atoms with Crippen LogP contribution in [-0.4, -0.2) is 12.1 Å². The van der Waals surface area contributed by atoms with Gasteiger partial charge in [-0.1, -0.05) is 19.7 Å². The lowest BCUT2D eigenvalue weighted by Crippen LogP contribution is -1.91. The minimum absolute atomic E-state index is 0.136. The maximum absolute atomic E-state index is 10.9. The molecule has 0 aliphatic carbocycles. The average molecular weight is 157 g/mol. The van der Waals surface area contributed by atoms with Crippen LogP contribution < -0.4 is 0 Å². The number of carbonyl (C=O) groups excluding carboxylic acids is 2. The second-order valence-corrected chi connectivity index (χ2v) is 2.17.